The number of hydrogen-bond acceptors (Lipinski definition) is 7. The van der Waals surface area contributed by atoms with Crippen LogP contribution in [0.3, 0.4) is 0 Å². The number of ether oxygens (including phenoxy) is 3. The van der Waals surface area contributed by atoms with Crippen molar-refractivity contribution in [2.75, 3.05) is 6.61 Å². The largest absolute Gasteiger partial charge is 0.458 e. The average Bonchev–Trinajstić information content (AvgIpc) is 3.40. The SMILES string of the molecule is CCCCCCCCCCCCCCCC(=O)OCC(=O)[C@H]1CC[C@H]2[C@@H]3C[C@H](F)C4=CC(=O)C5(C[C@]4(C)[C@@]3(F)[C@@H](O)C[C@]12C)OC(CCC)O5. The van der Waals surface area contributed by atoms with Gasteiger partial charge in [0.1, 0.15) is 18.4 Å². The van der Waals surface area contributed by atoms with Crippen LogP contribution in [0.5, 0.6) is 0 Å². The van der Waals surface area contributed by atoms with Crippen LogP contribution in [0.4, 0.5) is 8.78 Å². The Morgan fingerprint density at radius 2 is 1.50 bits per heavy atom. The van der Waals surface area contributed by atoms with E-state index in [4.69, 9.17) is 14.2 Å². The summed E-state index contributed by atoms with van der Waals surface area (Å²) in [4.78, 5) is 39.2. The third-order valence-corrected chi connectivity index (χ3v) is 13.5. The van der Waals surface area contributed by atoms with Crippen molar-refractivity contribution in [3.8, 4) is 0 Å². The van der Waals surface area contributed by atoms with Crippen molar-refractivity contribution in [3.63, 3.8) is 0 Å². The third kappa shape index (κ3) is 7.53. The number of aliphatic hydroxyl groups excluding tert-OH is 1. The summed E-state index contributed by atoms with van der Waals surface area (Å²) >= 11 is 0. The molecule has 4 fully saturated rings. The van der Waals surface area contributed by atoms with Gasteiger partial charge in [0.25, 0.3) is 0 Å². The molecule has 0 unspecified atom stereocenters. The number of esters is 1. The predicted molar refractivity (Wildman–Crippen MR) is 187 cm³/mol. The molecule has 1 spiro atoms. The lowest BCUT2D eigenvalue weighted by atomic mass is 9.43. The number of Topliss-reactive ketones (excluding diaryl/α,β-unsaturated/α-hetero) is 1. The molecule has 0 bridgehead atoms. The molecule has 50 heavy (non-hydrogen) atoms. The number of rotatable bonds is 19. The molecule has 0 amide bonds. The van der Waals surface area contributed by atoms with E-state index >= 15 is 8.78 Å². The van der Waals surface area contributed by atoms with Crippen LogP contribution in [0.2, 0.25) is 0 Å². The quantitative estimate of drug-likeness (QED) is 0.106. The minimum atomic E-state index is -2.24. The van der Waals surface area contributed by atoms with Crippen molar-refractivity contribution in [1.29, 1.82) is 0 Å². The third-order valence-electron chi connectivity index (χ3n) is 13.5. The molecule has 284 valence electrons. The van der Waals surface area contributed by atoms with Gasteiger partial charge in [0.2, 0.25) is 11.6 Å². The molecule has 1 heterocycles. The fraction of sp³-hybridized carbons (Fsp3) is 0.878. The van der Waals surface area contributed by atoms with Crippen LogP contribution in [-0.4, -0.2) is 59.3 Å². The van der Waals surface area contributed by atoms with Gasteiger partial charge in [-0.3, -0.25) is 14.4 Å². The number of allylic oxidation sites excluding steroid dienone is 1. The van der Waals surface area contributed by atoms with Gasteiger partial charge in [-0.1, -0.05) is 111 Å². The molecular formula is C41H64F2O7. The minimum Gasteiger partial charge on any atom is -0.458 e. The van der Waals surface area contributed by atoms with Crippen molar-refractivity contribution in [2.24, 2.45) is 28.6 Å². The van der Waals surface area contributed by atoms with Crippen LogP contribution in [0.25, 0.3) is 0 Å². The topological polar surface area (TPSA) is 99.1 Å². The molecule has 5 aliphatic rings. The van der Waals surface area contributed by atoms with Gasteiger partial charge < -0.3 is 19.3 Å². The second kappa shape index (κ2) is 16.5. The maximum atomic E-state index is 17.9. The van der Waals surface area contributed by atoms with Crippen molar-refractivity contribution in [3.05, 3.63) is 11.6 Å². The lowest BCUT2D eigenvalue weighted by Crippen LogP contribution is -2.73. The first-order chi connectivity index (χ1) is 23.9. The molecule has 1 N–H and O–H groups in total. The summed E-state index contributed by atoms with van der Waals surface area (Å²) in [5.41, 5.74) is -4.46. The summed E-state index contributed by atoms with van der Waals surface area (Å²) in [6, 6.07) is 0. The normalized spacial score (nSPS) is 38.9. The highest BCUT2D eigenvalue weighted by Gasteiger charge is 2.75. The molecule has 0 radical (unpaired) electrons. The predicted octanol–water partition coefficient (Wildman–Crippen LogP) is 9.22. The molecule has 4 aliphatic carbocycles. The Labute approximate surface area is 299 Å². The zero-order valence-electron chi connectivity index (χ0n) is 31.3. The van der Waals surface area contributed by atoms with Gasteiger partial charge in [0.05, 0.1) is 6.10 Å². The van der Waals surface area contributed by atoms with E-state index in [0.717, 1.165) is 25.7 Å². The molecule has 1 aliphatic heterocycles. The summed E-state index contributed by atoms with van der Waals surface area (Å²) in [5, 5.41) is 11.7. The Balaban J connectivity index is 1.09. The van der Waals surface area contributed by atoms with Gasteiger partial charge in [-0.15, -0.1) is 0 Å². The van der Waals surface area contributed by atoms with Crippen molar-refractivity contribution in [1.82, 2.24) is 0 Å². The van der Waals surface area contributed by atoms with Gasteiger partial charge in [-0.05, 0) is 61.5 Å². The number of ketones is 2. The molecular weight excluding hydrogens is 642 g/mol. The molecule has 0 aromatic carbocycles. The van der Waals surface area contributed by atoms with Gasteiger partial charge in [0.15, 0.2) is 12.1 Å². The summed E-state index contributed by atoms with van der Waals surface area (Å²) in [6.07, 6.45) is 15.7. The highest BCUT2D eigenvalue weighted by Crippen LogP contribution is 2.71. The number of halogens is 2. The Bertz CT molecular complexity index is 1230. The standard InChI is InChI=1S/C41H64F2O7/c1-5-7-8-9-10-11-12-13-14-15-16-17-18-20-36(47)48-26-33(44)29-22-21-28-30-23-32(42)31-24-34(45)40(49-37(50-40)19-6-2)27-39(31,4)41(30,43)35(46)25-38(28,29)3/h24,28-30,32,35,37,46H,5-23,25-27H2,1-4H3/t28-,29+,30-,32-,35-,37?,38-,39-,40?,41-/m0/s1. The van der Waals surface area contributed by atoms with Gasteiger partial charge in [0, 0.05) is 30.1 Å². The summed E-state index contributed by atoms with van der Waals surface area (Å²) in [6.45, 7) is 7.39. The van der Waals surface area contributed by atoms with Crippen LogP contribution in [-0.2, 0) is 28.6 Å². The Kier molecular flexibility index (Phi) is 13.1. The number of hydrogen-bond donors (Lipinski definition) is 1. The van der Waals surface area contributed by atoms with Crippen molar-refractivity contribution in [2.45, 2.75) is 193 Å². The number of unbranched alkanes of at least 4 members (excludes halogenated alkanes) is 12. The molecule has 9 heteroatoms. The number of fused-ring (bicyclic) bond motifs is 5. The lowest BCUT2D eigenvalue weighted by Gasteiger charge is -2.65. The molecule has 0 aromatic rings. The number of aliphatic hydroxyl groups is 1. The maximum Gasteiger partial charge on any atom is 0.306 e. The van der Waals surface area contributed by atoms with E-state index < -0.39 is 58.5 Å². The molecule has 7 nitrogen and oxygen atoms in total. The highest BCUT2D eigenvalue weighted by atomic mass is 19.1. The van der Waals surface area contributed by atoms with E-state index in [0.29, 0.717) is 19.3 Å². The minimum absolute atomic E-state index is 0.0227. The number of carbonyl (C=O) groups is 3. The summed E-state index contributed by atoms with van der Waals surface area (Å²) in [5.74, 6) is -4.50. The van der Waals surface area contributed by atoms with Gasteiger partial charge in [-0.2, -0.15) is 0 Å². The first kappa shape index (κ1) is 39.5. The molecule has 0 aromatic heterocycles. The zero-order chi connectivity index (χ0) is 36.2. The summed E-state index contributed by atoms with van der Waals surface area (Å²) in [7, 11) is 0. The molecule has 1 saturated heterocycles. The second-order valence-electron chi connectivity index (χ2n) is 16.8. The van der Waals surface area contributed by atoms with Crippen LogP contribution >= 0.6 is 0 Å². The average molecular weight is 707 g/mol. The molecule has 3 saturated carbocycles. The highest BCUT2D eigenvalue weighted by molar-refractivity contribution is 5.98. The van der Waals surface area contributed by atoms with E-state index in [1.54, 1.807) is 6.92 Å². The van der Waals surface area contributed by atoms with E-state index in [-0.39, 0.29) is 55.5 Å². The maximum absolute atomic E-state index is 17.9. The molecule has 5 rings (SSSR count). The van der Waals surface area contributed by atoms with Crippen LogP contribution < -0.4 is 0 Å². The van der Waals surface area contributed by atoms with E-state index in [9.17, 15) is 19.5 Å². The first-order valence-corrected chi connectivity index (χ1v) is 20.2. The van der Waals surface area contributed by atoms with Gasteiger partial charge in [-0.25, -0.2) is 8.78 Å². The van der Waals surface area contributed by atoms with Crippen LogP contribution in [0, 0.1) is 28.6 Å². The zero-order valence-corrected chi connectivity index (χ0v) is 31.3. The van der Waals surface area contributed by atoms with Crippen molar-refractivity contribution < 1.29 is 42.5 Å². The molecule has 8 atom stereocenters. The fourth-order valence-corrected chi connectivity index (χ4v) is 10.8. The number of alkyl halides is 2. The monoisotopic (exact) mass is 706 g/mol. The second-order valence-corrected chi connectivity index (χ2v) is 16.8. The van der Waals surface area contributed by atoms with Gasteiger partial charge >= 0.3 is 5.97 Å². The smallest absolute Gasteiger partial charge is 0.306 e. The Hall–Kier alpha value is -1.71. The van der Waals surface area contributed by atoms with Crippen molar-refractivity contribution >= 4 is 17.5 Å². The summed E-state index contributed by atoms with van der Waals surface area (Å²) < 4.78 is 51.2. The first-order valence-electron chi connectivity index (χ1n) is 20.2. The van der Waals surface area contributed by atoms with E-state index in [2.05, 4.69) is 6.92 Å². The Morgan fingerprint density at radius 1 is 0.900 bits per heavy atom. The van der Waals surface area contributed by atoms with Crippen LogP contribution in [0.15, 0.2) is 11.6 Å². The lowest BCUT2D eigenvalue weighted by molar-refractivity contribution is -0.439. The van der Waals surface area contributed by atoms with E-state index in [1.807, 2.05) is 13.8 Å². The van der Waals surface area contributed by atoms with E-state index in [1.165, 1.54) is 70.3 Å². The number of carbonyl (C=O) groups excluding carboxylic acids is 3. The fourth-order valence-electron chi connectivity index (χ4n) is 10.8. The van der Waals surface area contributed by atoms with Crippen LogP contribution in [0.1, 0.15) is 163 Å². The Morgan fingerprint density at radius 3 is 2.10 bits per heavy atom.